The highest BCUT2D eigenvalue weighted by atomic mass is 16.7. The molecule has 160 valence electrons. The van der Waals surface area contributed by atoms with Crippen molar-refractivity contribution in [1.82, 2.24) is 15.2 Å². The Morgan fingerprint density at radius 3 is 2.97 bits per heavy atom. The van der Waals surface area contributed by atoms with E-state index in [0.717, 1.165) is 30.2 Å². The Morgan fingerprint density at radius 1 is 1.33 bits per heavy atom. The van der Waals surface area contributed by atoms with Gasteiger partial charge in [-0.25, -0.2) is 0 Å². The van der Waals surface area contributed by atoms with Crippen LogP contribution in [-0.4, -0.2) is 59.2 Å². The molecule has 3 atom stereocenters. The van der Waals surface area contributed by atoms with E-state index in [1.165, 1.54) is 0 Å². The molecule has 0 radical (unpaired) electrons. The van der Waals surface area contributed by atoms with Crippen LogP contribution in [0.3, 0.4) is 0 Å². The van der Waals surface area contributed by atoms with Crippen LogP contribution in [0.2, 0.25) is 0 Å². The summed E-state index contributed by atoms with van der Waals surface area (Å²) < 4.78 is 10.8. The number of nitrogens with one attached hydrogen (secondary N) is 2. The van der Waals surface area contributed by atoms with Crippen LogP contribution >= 0.6 is 0 Å². The minimum Gasteiger partial charge on any atom is -0.433 e. The standard InChI is InChI=1S/C22H27N3O5/c1-2-3-11-29-22-17(13-19(26)30-22)24-20(27)18-9-6-10-25(18)21(28)16-12-14-7-4-5-8-15(14)23-16/h4-5,7-8,12,17-18,22-23H,2-3,6,9-11,13H2,1H3,(H,24,27)/t17-,18-,22?/m0/s1. The molecule has 1 aromatic carbocycles. The van der Waals surface area contributed by atoms with Gasteiger partial charge in [0, 0.05) is 17.4 Å². The van der Waals surface area contributed by atoms with Gasteiger partial charge in [-0.05, 0) is 31.4 Å². The number of H-pyrrole nitrogens is 1. The highest BCUT2D eigenvalue weighted by Gasteiger charge is 2.41. The van der Waals surface area contributed by atoms with Gasteiger partial charge in [0.15, 0.2) is 0 Å². The molecule has 3 heterocycles. The number of benzene rings is 1. The molecule has 2 fully saturated rings. The fourth-order valence-electron chi connectivity index (χ4n) is 4.05. The number of carbonyl (C=O) groups excluding carboxylic acids is 3. The molecule has 1 unspecified atom stereocenters. The van der Waals surface area contributed by atoms with E-state index in [2.05, 4.69) is 10.3 Å². The number of nitrogens with zero attached hydrogens (tertiary/aromatic N) is 1. The highest BCUT2D eigenvalue weighted by Crippen LogP contribution is 2.24. The molecule has 1 aromatic heterocycles. The predicted octanol–water partition coefficient (Wildman–Crippen LogP) is 2.35. The van der Waals surface area contributed by atoms with Gasteiger partial charge in [-0.1, -0.05) is 31.5 Å². The van der Waals surface area contributed by atoms with Crippen molar-refractivity contribution in [3.05, 3.63) is 36.0 Å². The molecular weight excluding hydrogens is 386 g/mol. The van der Waals surface area contributed by atoms with Gasteiger partial charge in [-0.2, -0.15) is 0 Å². The molecular formula is C22H27N3O5. The number of hydrogen-bond donors (Lipinski definition) is 2. The molecule has 2 amide bonds. The minimum absolute atomic E-state index is 0.0746. The van der Waals surface area contributed by atoms with Crippen molar-refractivity contribution in [2.75, 3.05) is 13.2 Å². The lowest BCUT2D eigenvalue weighted by Crippen LogP contribution is -2.51. The number of unbranched alkanes of at least 4 members (excludes halogenated alkanes) is 1. The van der Waals surface area contributed by atoms with Crippen molar-refractivity contribution in [3.8, 4) is 0 Å². The average Bonchev–Trinajstić information content (AvgIpc) is 3.45. The van der Waals surface area contributed by atoms with E-state index in [1.54, 1.807) is 4.90 Å². The summed E-state index contributed by atoms with van der Waals surface area (Å²) in [5, 5.41) is 3.83. The Hall–Kier alpha value is -2.87. The number of carbonyl (C=O) groups is 3. The van der Waals surface area contributed by atoms with Gasteiger partial charge in [-0.3, -0.25) is 14.4 Å². The van der Waals surface area contributed by atoms with E-state index in [9.17, 15) is 14.4 Å². The van der Waals surface area contributed by atoms with Crippen molar-refractivity contribution in [3.63, 3.8) is 0 Å². The van der Waals surface area contributed by atoms with Crippen LogP contribution in [-0.2, 0) is 19.1 Å². The third-order valence-corrected chi connectivity index (χ3v) is 5.65. The number of esters is 1. The Balaban J connectivity index is 1.42. The maximum absolute atomic E-state index is 13.1. The predicted molar refractivity (Wildman–Crippen MR) is 110 cm³/mol. The molecule has 0 spiro atoms. The number of aromatic nitrogens is 1. The second kappa shape index (κ2) is 8.87. The van der Waals surface area contributed by atoms with Crippen molar-refractivity contribution in [2.24, 2.45) is 0 Å². The second-order valence-corrected chi connectivity index (χ2v) is 7.83. The van der Waals surface area contributed by atoms with Crippen LogP contribution in [0.5, 0.6) is 0 Å². The Morgan fingerprint density at radius 2 is 2.17 bits per heavy atom. The Labute approximate surface area is 174 Å². The van der Waals surface area contributed by atoms with E-state index in [-0.39, 0.29) is 24.2 Å². The summed E-state index contributed by atoms with van der Waals surface area (Å²) in [5.74, 6) is -0.859. The number of cyclic esters (lactones) is 1. The first-order valence-electron chi connectivity index (χ1n) is 10.6. The van der Waals surface area contributed by atoms with Crippen LogP contribution in [0.4, 0.5) is 0 Å². The second-order valence-electron chi connectivity index (χ2n) is 7.83. The van der Waals surface area contributed by atoms with Crippen molar-refractivity contribution >= 4 is 28.7 Å². The molecule has 0 aliphatic carbocycles. The molecule has 0 bridgehead atoms. The van der Waals surface area contributed by atoms with E-state index in [1.807, 2.05) is 37.3 Å². The fraction of sp³-hybridized carbons (Fsp3) is 0.500. The minimum atomic E-state index is -0.771. The maximum Gasteiger partial charge on any atom is 0.310 e. The lowest BCUT2D eigenvalue weighted by atomic mass is 10.1. The van der Waals surface area contributed by atoms with Gasteiger partial charge in [0.25, 0.3) is 5.91 Å². The third kappa shape index (κ3) is 4.18. The van der Waals surface area contributed by atoms with Crippen LogP contribution in [0, 0.1) is 0 Å². The van der Waals surface area contributed by atoms with Crippen molar-refractivity contribution < 1.29 is 23.9 Å². The number of rotatable bonds is 7. The Bertz CT molecular complexity index is 907. The lowest BCUT2D eigenvalue weighted by Gasteiger charge is -2.26. The van der Waals surface area contributed by atoms with E-state index in [4.69, 9.17) is 9.47 Å². The summed E-state index contributed by atoms with van der Waals surface area (Å²) >= 11 is 0. The average molecular weight is 413 g/mol. The molecule has 2 saturated heterocycles. The van der Waals surface area contributed by atoms with E-state index >= 15 is 0 Å². The van der Waals surface area contributed by atoms with Gasteiger partial charge >= 0.3 is 5.97 Å². The largest absolute Gasteiger partial charge is 0.433 e. The smallest absolute Gasteiger partial charge is 0.310 e. The number of aromatic amines is 1. The number of ether oxygens (including phenoxy) is 2. The summed E-state index contributed by atoms with van der Waals surface area (Å²) in [4.78, 5) is 42.5. The first-order chi connectivity index (χ1) is 14.6. The number of fused-ring (bicyclic) bond motifs is 1. The fourth-order valence-corrected chi connectivity index (χ4v) is 4.05. The first kappa shape index (κ1) is 20.4. The van der Waals surface area contributed by atoms with Gasteiger partial charge in [0.1, 0.15) is 17.8 Å². The SMILES string of the molecule is CCCCOC1OC(=O)C[C@@H]1NC(=O)[C@@H]1CCCN1C(=O)c1cc2ccccc2[nH]1. The third-order valence-electron chi connectivity index (χ3n) is 5.65. The van der Waals surface area contributed by atoms with E-state index < -0.39 is 18.4 Å². The molecule has 2 aliphatic rings. The van der Waals surface area contributed by atoms with Gasteiger partial charge in [0.2, 0.25) is 12.2 Å². The summed E-state index contributed by atoms with van der Waals surface area (Å²) in [6.45, 7) is 3.03. The molecule has 2 aliphatic heterocycles. The summed E-state index contributed by atoms with van der Waals surface area (Å²) in [6.07, 6.45) is 2.45. The molecule has 8 heteroatoms. The highest BCUT2D eigenvalue weighted by molar-refractivity contribution is 6.00. The van der Waals surface area contributed by atoms with E-state index in [0.29, 0.717) is 25.3 Å². The maximum atomic E-state index is 13.1. The molecule has 2 N–H and O–H groups in total. The summed E-state index contributed by atoms with van der Waals surface area (Å²) in [6, 6.07) is 8.38. The van der Waals surface area contributed by atoms with Crippen molar-refractivity contribution in [1.29, 1.82) is 0 Å². The van der Waals surface area contributed by atoms with Gasteiger partial charge in [-0.15, -0.1) is 0 Å². The Kier molecular flexibility index (Phi) is 6.03. The quantitative estimate of drug-likeness (QED) is 0.536. The normalized spacial score (nSPS) is 23.7. The number of likely N-dealkylation sites (tertiary alicyclic amines) is 1. The molecule has 4 rings (SSSR count). The lowest BCUT2D eigenvalue weighted by molar-refractivity contribution is -0.165. The molecule has 2 aromatic rings. The zero-order valence-corrected chi connectivity index (χ0v) is 17.1. The topological polar surface area (TPSA) is 101 Å². The zero-order chi connectivity index (χ0) is 21.1. The van der Waals surface area contributed by atoms with Crippen LogP contribution < -0.4 is 5.32 Å². The molecule has 0 saturated carbocycles. The van der Waals surface area contributed by atoms with Crippen molar-refractivity contribution in [2.45, 2.75) is 57.4 Å². The number of hydrogen-bond acceptors (Lipinski definition) is 5. The summed E-state index contributed by atoms with van der Waals surface area (Å²) in [7, 11) is 0. The molecule has 30 heavy (non-hydrogen) atoms. The van der Waals surface area contributed by atoms with Crippen LogP contribution in [0.1, 0.15) is 49.5 Å². The summed E-state index contributed by atoms with van der Waals surface area (Å²) in [5.41, 5.74) is 1.35. The first-order valence-corrected chi connectivity index (χ1v) is 10.6. The number of para-hydroxylation sites is 1. The van der Waals surface area contributed by atoms with Crippen LogP contribution in [0.25, 0.3) is 10.9 Å². The number of amides is 2. The monoisotopic (exact) mass is 413 g/mol. The molecule has 8 nitrogen and oxygen atoms in total. The van der Waals surface area contributed by atoms with Gasteiger partial charge in [0.05, 0.1) is 13.0 Å². The zero-order valence-electron chi connectivity index (χ0n) is 17.1. The van der Waals surface area contributed by atoms with Gasteiger partial charge < -0.3 is 24.7 Å². The van der Waals surface area contributed by atoms with Crippen LogP contribution in [0.15, 0.2) is 30.3 Å².